The second kappa shape index (κ2) is 7.63. The maximum absolute atomic E-state index is 12.2. The molecule has 0 radical (unpaired) electrons. The summed E-state index contributed by atoms with van der Waals surface area (Å²) in [4.78, 5) is 4.42. The first-order valence-corrected chi connectivity index (χ1v) is 9.72. The van der Waals surface area contributed by atoms with Gasteiger partial charge in [0.15, 0.2) is 5.89 Å². The van der Waals surface area contributed by atoms with Crippen molar-refractivity contribution < 1.29 is 12.8 Å². The molecule has 2 aromatic carbocycles. The molecule has 0 atom stereocenters. The summed E-state index contributed by atoms with van der Waals surface area (Å²) >= 11 is 0. The highest BCUT2D eigenvalue weighted by molar-refractivity contribution is 7.88. The predicted octanol–water partition coefficient (Wildman–Crippen LogP) is 3.31. The maximum Gasteiger partial charge on any atom is 0.215 e. The second-order valence-corrected chi connectivity index (χ2v) is 7.57. The fraction of sp³-hybridized carbons (Fsp3) is 0.211. The number of aryl methyl sites for hydroxylation is 1. The van der Waals surface area contributed by atoms with Crippen LogP contribution in [-0.2, 0) is 22.2 Å². The van der Waals surface area contributed by atoms with Gasteiger partial charge >= 0.3 is 0 Å². The number of rotatable bonds is 7. The number of nitrogens with one attached hydrogen (secondary N) is 1. The van der Waals surface area contributed by atoms with Crippen LogP contribution in [0.1, 0.15) is 17.2 Å². The first-order valence-electron chi connectivity index (χ1n) is 8.06. The van der Waals surface area contributed by atoms with E-state index in [9.17, 15) is 8.42 Å². The number of aromatic nitrogens is 1. The molecular weight excluding hydrogens is 336 g/mol. The van der Waals surface area contributed by atoms with Crippen molar-refractivity contribution in [3.05, 3.63) is 77.9 Å². The average molecular weight is 356 g/mol. The van der Waals surface area contributed by atoms with Gasteiger partial charge in [-0.15, -0.1) is 0 Å². The Morgan fingerprint density at radius 2 is 1.64 bits per heavy atom. The number of oxazole rings is 1. The maximum atomic E-state index is 12.2. The predicted molar refractivity (Wildman–Crippen MR) is 97.4 cm³/mol. The van der Waals surface area contributed by atoms with Crippen LogP contribution in [0.4, 0.5) is 0 Å². The van der Waals surface area contributed by atoms with Crippen molar-refractivity contribution in [3.63, 3.8) is 0 Å². The van der Waals surface area contributed by atoms with Crippen LogP contribution in [0.5, 0.6) is 0 Å². The zero-order valence-electron chi connectivity index (χ0n) is 14.0. The van der Waals surface area contributed by atoms with Crippen LogP contribution < -0.4 is 4.72 Å². The van der Waals surface area contributed by atoms with Crippen molar-refractivity contribution in [1.82, 2.24) is 9.71 Å². The standard InChI is InChI=1S/C19H20N2O3S/c1-15-21-19(17-10-6-3-7-11-17)18(24-15)12-13-20-25(22,23)14-16-8-4-2-5-9-16/h2-11,20H,12-14H2,1H3. The van der Waals surface area contributed by atoms with Gasteiger partial charge in [0, 0.05) is 25.5 Å². The Bertz CT molecular complexity index is 920. The van der Waals surface area contributed by atoms with Gasteiger partial charge in [-0.25, -0.2) is 18.1 Å². The number of nitrogens with zero attached hydrogens (tertiary/aromatic N) is 1. The number of hydrogen-bond donors (Lipinski definition) is 1. The van der Waals surface area contributed by atoms with Crippen molar-refractivity contribution in [3.8, 4) is 11.3 Å². The molecule has 25 heavy (non-hydrogen) atoms. The molecule has 1 aromatic heterocycles. The summed E-state index contributed by atoms with van der Waals surface area (Å²) in [5, 5.41) is 0. The van der Waals surface area contributed by atoms with Gasteiger partial charge in [-0.3, -0.25) is 0 Å². The minimum atomic E-state index is -3.39. The molecule has 3 rings (SSSR count). The van der Waals surface area contributed by atoms with Crippen LogP contribution in [0.2, 0.25) is 0 Å². The van der Waals surface area contributed by atoms with E-state index in [1.807, 2.05) is 48.5 Å². The molecule has 0 saturated heterocycles. The summed E-state index contributed by atoms with van der Waals surface area (Å²) in [7, 11) is -3.39. The summed E-state index contributed by atoms with van der Waals surface area (Å²) in [6, 6.07) is 18.8. The summed E-state index contributed by atoms with van der Waals surface area (Å²) < 4.78 is 32.7. The molecule has 0 saturated carbocycles. The Kier molecular flexibility index (Phi) is 5.31. The third-order valence-electron chi connectivity index (χ3n) is 3.73. The molecule has 0 aliphatic rings. The SMILES string of the molecule is Cc1nc(-c2ccccc2)c(CCNS(=O)(=O)Cc2ccccc2)o1. The Morgan fingerprint density at radius 1 is 1.00 bits per heavy atom. The summed E-state index contributed by atoms with van der Waals surface area (Å²) in [5.74, 6) is 1.22. The number of benzene rings is 2. The lowest BCUT2D eigenvalue weighted by molar-refractivity contribution is 0.473. The fourth-order valence-corrected chi connectivity index (χ4v) is 3.77. The van der Waals surface area contributed by atoms with Gasteiger partial charge in [0.25, 0.3) is 0 Å². The van der Waals surface area contributed by atoms with Crippen molar-refractivity contribution >= 4 is 10.0 Å². The van der Waals surface area contributed by atoms with Crippen molar-refractivity contribution in [1.29, 1.82) is 0 Å². The third-order valence-corrected chi connectivity index (χ3v) is 5.08. The number of sulfonamides is 1. The fourth-order valence-electron chi connectivity index (χ4n) is 2.62. The molecule has 6 heteroatoms. The number of hydrogen-bond acceptors (Lipinski definition) is 4. The summed E-state index contributed by atoms with van der Waals surface area (Å²) in [6.07, 6.45) is 0.444. The summed E-state index contributed by atoms with van der Waals surface area (Å²) in [6.45, 7) is 2.05. The first kappa shape index (κ1) is 17.4. The Labute approximate surface area is 147 Å². The highest BCUT2D eigenvalue weighted by atomic mass is 32.2. The van der Waals surface area contributed by atoms with E-state index in [4.69, 9.17) is 4.42 Å². The van der Waals surface area contributed by atoms with E-state index in [0.29, 0.717) is 18.1 Å². The van der Waals surface area contributed by atoms with Crippen molar-refractivity contribution in [2.75, 3.05) is 6.54 Å². The molecule has 0 unspecified atom stereocenters. The van der Waals surface area contributed by atoms with Gasteiger partial charge in [-0.05, 0) is 5.56 Å². The van der Waals surface area contributed by atoms with Gasteiger partial charge in [0.2, 0.25) is 10.0 Å². The average Bonchev–Trinajstić information content (AvgIpc) is 2.97. The summed E-state index contributed by atoms with van der Waals surface area (Å²) in [5.41, 5.74) is 2.48. The van der Waals surface area contributed by atoms with E-state index >= 15 is 0 Å². The van der Waals surface area contributed by atoms with Gasteiger partial charge in [-0.1, -0.05) is 60.7 Å². The van der Waals surface area contributed by atoms with Crippen LogP contribution in [0.3, 0.4) is 0 Å². The highest BCUT2D eigenvalue weighted by Crippen LogP contribution is 2.23. The van der Waals surface area contributed by atoms with Crippen molar-refractivity contribution in [2.24, 2.45) is 0 Å². The van der Waals surface area contributed by atoms with Crippen molar-refractivity contribution in [2.45, 2.75) is 19.1 Å². The smallest absolute Gasteiger partial charge is 0.215 e. The molecule has 0 aliphatic carbocycles. The zero-order chi connectivity index (χ0) is 17.7. The largest absolute Gasteiger partial charge is 0.445 e. The quantitative estimate of drug-likeness (QED) is 0.705. The van der Waals surface area contributed by atoms with E-state index in [0.717, 1.165) is 16.8 Å². The van der Waals surface area contributed by atoms with Crippen LogP contribution in [0.15, 0.2) is 65.1 Å². The van der Waals surface area contributed by atoms with Crippen LogP contribution in [0, 0.1) is 6.92 Å². The van der Waals surface area contributed by atoms with Gasteiger partial charge < -0.3 is 4.42 Å². The Morgan fingerprint density at radius 3 is 2.32 bits per heavy atom. The van der Waals surface area contributed by atoms with Gasteiger partial charge in [-0.2, -0.15) is 0 Å². The van der Waals surface area contributed by atoms with E-state index in [1.54, 1.807) is 19.1 Å². The Balaban J connectivity index is 1.65. The molecule has 1 heterocycles. The highest BCUT2D eigenvalue weighted by Gasteiger charge is 2.15. The van der Waals surface area contributed by atoms with E-state index in [2.05, 4.69) is 9.71 Å². The van der Waals surface area contributed by atoms with E-state index in [-0.39, 0.29) is 12.3 Å². The second-order valence-electron chi connectivity index (χ2n) is 5.76. The lowest BCUT2D eigenvalue weighted by atomic mass is 10.1. The van der Waals surface area contributed by atoms with Gasteiger partial charge in [0.1, 0.15) is 11.5 Å². The van der Waals surface area contributed by atoms with E-state index < -0.39 is 10.0 Å². The molecule has 0 amide bonds. The van der Waals surface area contributed by atoms with Crippen LogP contribution in [0.25, 0.3) is 11.3 Å². The molecule has 0 aliphatic heterocycles. The first-order chi connectivity index (χ1) is 12.0. The molecule has 1 N–H and O–H groups in total. The van der Waals surface area contributed by atoms with Gasteiger partial charge in [0.05, 0.1) is 5.75 Å². The Hall–Kier alpha value is -2.44. The third kappa shape index (κ3) is 4.78. The lowest BCUT2D eigenvalue weighted by Gasteiger charge is -2.06. The molecule has 0 spiro atoms. The molecule has 0 bridgehead atoms. The molecule has 0 fully saturated rings. The lowest BCUT2D eigenvalue weighted by Crippen LogP contribution is -2.27. The topological polar surface area (TPSA) is 72.2 Å². The normalized spacial score (nSPS) is 11.6. The van der Waals surface area contributed by atoms with E-state index in [1.165, 1.54) is 0 Å². The van der Waals surface area contributed by atoms with Crippen LogP contribution >= 0.6 is 0 Å². The zero-order valence-corrected chi connectivity index (χ0v) is 14.8. The molecule has 5 nitrogen and oxygen atoms in total. The minimum absolute atomic E-state index is 0.0329. The monoisotopic (exact) mass is 356 g/mol. The minimum Gasteiger partial charge on any atom is -0.445 e. The van der Waals surface area contributed by atoms with Crippen LogP contribution in [-0.4, -0.2) is 19.9 Å². The molecule has 130 valence electrons. The molecule has 3 aromatic rings. The molecular formula is C19H20N2O3S.